The molecule has 2 atom stereocenters. The highest BCUT2D eigenvalue weighted by Gasteiger charge is 2.23. The van der Waals surface area contributed by atoms with Crippen LogP contribution < -0.4 is 21.7 Å². The highest BCUT2D eigenvalue weighted by atomic mass is 35.5. The van der Waals surface area contributed by atoms with Crippen LogP contribution in [0.3, 0.4) is 0 Å². The number of amidine groups is 1. The fourth-order valence-corrected chi connectivity index (χ4v) is 3.94. The predicted molar refractivity (Wildman–Crippen MR) is 149 cm³/mol. The van der Waals surface area contributed by atoms with Gasteiger partial charge in [-0.2, -0.15) is 0 Å². The van der Waals surface area contributed by atoms with Gasteiger partial charge in [0.15, 0.2) is 0 Å². The number of benzene rings is 3. The number of carbonyl (C=O) groups is 2. The van der Waals surface area contributed by atoms with Crippen LogP contribution in [0, 0.1) is 5.41 Å². The monoisotopic (exact) mass is 523 g/mol. The first-order valence-corrected chi connectivity index (χ1v) is 11.9. The van der Waals surface area contributed by atoms with Crippen molar-refractivity contribution in [2.24, 2.45) is 5.73 Å². The van der Waals surface area contributed by atoms with E-state index in [2.05, 4.69) is 40.2 Å². The van der Waals surface area contributed by atoms with E-state index in [0.717, 1.165) is 0 Å². The Labute approximate surface area is 223 Å². The number of hydrogen-bond donors (Lipinski definition) is 6. The molecule has 0 spiro atoms. The van der Waals surface area contributed by atoms with Crippen molar-refractivity contribution < 1.29 is 14.7 Å². The van der Waals surface area contributed by atoms with Crippen LogP contribution in [0.1, 0.15) is 36.0 Å². The summed E-state index contributed by atoms with van der Waals surface area (Å²) in [5.41, 5.74) is 8.88. The van der Waals surface area contributed by atoms with Gasteiger partial charge in [0.2, 0.25) is 11.8 Å². The van der Waals surface area contributed by atoms with Gasteiger partial charge < -0.3 is 26.8 Å². The maximum absolute atomic E-state index is 12.7. The van der Waals surface area contributed by atoms with Gasteiger partial charge in [0.1, 0.15) is 17.9 Å². The fourth-order valence-electron chi connectivity index (χ4n) is 3.94. The molecule has 0 aliphatic carbocycles. The van der Waals surface area contributed by atoms with E-state index in [0.29, 0.717) is 24.2 Å². The van der Waals surface area contributed by atoms with Gasteiger partial charge in [0.25, 0.3) is 0 Å². The molecule has 0 saturated carbocycles. The standard InChI is InChI=1S/C28H33N5O3.ClH/c1-19(32-28(36)25(18-34)33-23-14-8-13-22(17-23)26(29)30)27(35)31-16-15-24(20-9-4-2-5-10-20)21-11-6-3-7-12-21;/h2-14,17,19,24-25,33-34H,15-16,18H2,1H3,(H3,29,30)(H,31,35)(H,32,36);1H. The summed E-state index contributed by atoms with van der Waals surface area (Å²) in [6.07, 6.45) is 0.702. The van der Waals surface area contributed by atoms with Crippen molar-refractivity contribution in [1.29, 1.82) is 5.41 Å². The molecule has 0 saturated heterocycles. The van der Waals surface area contributed by atoms with Crippen LogP contribution in [0.4, 0.5) is 5.69 Å². The highest BCUT2D eigenvalue weighted by molar-refractivity contribution is 5.96. The lowest BCUT2D eigenvalue weighted by atomic mass is 9.88. The number of amides is 2. The molecule has 0 aliphatic heterocycles. The summed E-state index contributed by atoms with van der Waals surface area (Å²) in [6.45, 7) is 1.57. The molecule has 37 heavy (non-hydrogen) atoms. The molecule has 0 bridgehead atoms. The Morgan fingerprint density at radius 1 is 0.919 bits per heavy atom. The molecule has 7 N–H and O–H groups in total. The maximum Gasteiger partial charge on any atom is 0.245 e. The van der Waals surface area contributed by atoms with Gasteiger partial charge >= 0.3 is 0 Å². The molecule has 0 aromatic heterocycles. The topological polar surface area (TPSA) is 140 Å². The van der Waals surface area contributed by atoms with Crippen molar-refractivity contribution >= 4 is 35.7 Å². The minimum atomic E-state index is -0.969. The number of carbonyl (C=O) groups excluding carboxylic acids is 2. The first-order chi connectivity index (χ1) is 17.4. The average molecular weight is 524 g/mol. The number of halogens is 1. The van der Waals surface area contributed by atoms with Crippen molar-refractivity contribution in [3.05, 3.63) is 102 Å². The van der Waals surface area contributed by atoms with Crippen LogP contribution in [0.25, 0.3) is 0 Å². The minimum absolute atomic E-state index is 0. The highest BCUT2D eigenvalue weighted by Crippen LogP contribution is 2.27. The lowest BCUT2D eigenvalue weighted by Crippen LogP contribution is -2.51. The first kappa shape index (κ1) is 29.4. The summed E-state index contributed by atoms with van der Waals surface area (Å²) in [4.78, 5) is 25.4. The predicted octanol–water partition coefficient (Wildman–Crippen LogP) is 3.01. The molecule has 3 rings (SSSR count). The SMILES string of the molecule is CC(NC(=O)C(CO)Nc1cccc(C(=N)N)c1)C(=O)NCCC(c1ccccc1)c1ccccc1.Cl. The molecule has 196 valence electrons. The summed E-state index contributed by atoms with van der Waals surface area (Å²) in [5, 5.41) is 25.7. The number of anilines is 1. The molecular weight excluding hydrogens is 490 g/mol. The summed E-state index contributed by atoms with van der Waals surface area (Å²) in [7, 11) is 0. The molecule has 9 heteroatoms. The third kappa shape index (κ3) is 8.63. The Kier molecular flexibility index (Phi) is 11.6. The average Bonchev–Trinajstić information content (AvgIpc) is 2.90. The Morgan fingerprint density at radius 3 is 2.05 bits per heavy atom. The van der Waals surface area contributed by atoms with Crippen LogP contribution in [-0.2, 0) is 9.59 Å². The van der Waals surface area contributed by atoms with Gasteiger partial charge in [-0.05, 0) is 36.6 Å². The van der Waals surface area contributed by atoms with E-state index in [9.17, 15) is 14.7 Å². The zero-order valence-electron chi connectivity index (χ0n) is 20.7. The summed E-state index contributed by atoms with van der Waals surface area (Å²) in [6, 6.07) is 25.2. The number of rotatable bonds is 12. The Balaban J connectivity index is 0.00000481. The van der Waals surface area contributed by atoms with Gasteiger partial charge in [-0.25, -0.2) is 0 Å². The molecule has 0 fully saturated rings. The maximum atomic E-state index is 12.7. The second kappa shape index (κ2) is 14.6. The van der Waals surface area contributed by atoms with Crippen LogP contribution in [-0.4, -0.2) is 48.0 Å². The number of nitrogen functional groups attached to an aromatic ring is 1. The van der Waals surface area contributed by atoms with E-state index in [-0.39, 0.29) is 30.1 Å². The van der Waals surface area contributed by atoms with E-state index in [1.165, 1.54) is 11.1 Å². The van der Waals surface area contributed by atoms with Crippen molar-refractivity contribution in [1.82, 2.24) is 10.6 Å². The zero-order chi connectivity index (χ0) is 25.9. The number of nitrogens with two attached hydrogens (primary N) is 1. The van der Waals surface area contributed by atoms with E-state index in [1.807, 2.05) is 36.4 Å². The van der Waals surface area contributed by atoms with Crippen LogP contribution in [0.15, 0.2) is 84.9 Å². The number of nitrogens with one attached hydrogen (secondary N) is 4. The molecule has 2 unspecified atom stereocenters. The van der Waals surface area contributed by atoms with Gasteiger partial charge in [0.05, 0.1) is 6.61 Å². The van der Waals surface area contributed by atoms with Crippen LogP contribution in [0.2, 0.25) is 0 Å². The van der Waals surface area contributed by atoms with E-state index < -0.39 is 24.6 Å². The third-order valence-electron chi connectivity index (χ3n) is 5.90. The first-order valence-electron chi connectivity index (χ1n) is 11.9. The van der Waals surface area contributed by atoms with E-state index in [4.69, 9.17) is 11.1 Å². The molecule has 3 aromatic carbocycles. The Morgan fingerprint density at radius 2 is 1.51 bits per heavy atom. The lowest BCUT2D eigenvalue weighted by molar-refractivity contribution is -0.129. The smallest absolute Gasteiger partial charge is 0.245 e. The lowest BCUT2D eigenvalue weighted by Gasteiger charge is -2.22. The van der Waals surface area contributed by atoms with Gasteiger partial charge in [-0.3, -0.25) is 15.0 Å². The summed E-state index contributed by atoms with van der Waals surface area (Å²) >= 11 is 0. The number of hydrogen-bond acceptors (Lipinski definition) is 5. The second-order valence-electron chi connectivity index (χ2n) is 8.56. The van der Waals surface area contributed by atoms with Gasteiger partial charge in [-0.15, -0.1) is 12.4 Å². The molecule has 0 heterocycles. The minimum Gasteiger partial charge on any atom is -0.394 e. The van der Waals surface area contributed by atoms with E-state index >= 15 is 0 Å². The van der Waals surface area contributed by atoms with Crippen LogP contribution >= 0.6 is 12.4 Å². The number of aliphatic hydroxyl groups is 1. The molecular formula is C28H34ClN5O3. The van der Waals surface area contributed by atoms with Crippen molar-refractivity contribution in [3.63, 3.8) is 0 Å². The molecule has 2 amide bonds. The Bertz CT molecular complexity index is 1120. The van der Waals surface area contributed by atoms with Gasteiger partial charge in [0, 0.05) is 23.7 Å². The molecule has 3 aromatic rings. The zero-order valence-corrected chi connectivity index (χ0v) is 21.5. The van der Waals surface area contributed by atoms with Gasteiger partial charge in [-0.1, -0.05) is 72.8 Å². The third-order valence-corrected chi connectivity index (χ3v) is 5.90. The summed E-state index contributed by atoms with van der Waals surface area (Å²) in [5.74, 6) is -0.791. The van der Waals surface area contributed by atoms with Crippen molar-refractivity contribution in [2.75, 3.05) is 18.5 Å². The largest absolute Gasteiger partial charge is 0.394 e. The Hall–Kier alpha value is -3.88. The summed E-state index contributed by atoms with van der Waals surface area (Å²) < 4.78 is 0. The normalized spacial score (nSPS) is 12.1. The van der Waals surface area contributed by atoms with Crippen LogP contribution in [0.5, 0.6) is 0 Å². The molecule has 8 nitrogen and oxygen atoms in total. The van der Waals surface area contributed by atoms with Crippen molar-refractivity contribution in [3.8, 4) is 0 Å². The second-order valence-corrected chi connectivity index (χ2v) is 8.56. The van der Waals surface area contributed by atoms with Crippen molar-refractivity contribution in [2.45, 2.75) is 31.3 Å². The molecule has 0 aliphatic rings. The molecule has 0 radical (unpaired) electrons. The number of aliphatic hydroxyl groups excluding tert-OH is 1. The van der Waals surface area contributed by atoms with E-state index in [1.54, 1.807) is 31.2 Å². The fraction of sp³-hybridized carbons (Fsp3) is 0.250. The quantitative estimate of drug-likeness (QED) is 0.160.